The first-order valence-corrected chi connectivity index (χ1v) is 10.1. The van der Waals surface area contributed by atoms with E-state index in [-0.39, 0.29) is 41.2 Å². The lowest BCUT2D eigenvalue weighted by molar-refractivity contribution is -0.138. The van der Waals surface area contributed by atoms with Crippen LogP contribution in [0.3, 0.4) is 0 Å². The van der Waals surface area contributed by atoms with Crippen LogP contribution in [0, 0.1) is 11.3 Å². The van der Waals surface area contributed by atoms with Crippen molar-refractivity contribution in [2.24, 2.45) is 0 Å². The van der Waals surface area contributed by atoms with E-state index in [2.05, 4.69) is 0 Å². The van der Waals surface area contributed by atoms with Crippen molar-refractivity contribution in [3.8, 4) is 6.07 Å². The van der Waals surface area contributed by atoms with Gasteiger partial charge in [-0.1, -0.05) is 0 Å². The molecule has 0 spiro atoms. The summed E-state index contributed by atoms with van der Waals surface area (Å²) in [6.07, 6.45) is 1.92. The largest absolute Gasteiger partial charge is 0.372 e. The number of sulfone groups is 1. The van der Waals surface area contributed by atoms with Crippen molar-refractivity contribution >= 4 is 15.7 Å². The lowest BCUT2D eigenvalue weighted by Gasteiger charge is -2.35. The summed E-state index contributed by atoms with van der Waals surface area (Å²) in [4.78, 5) is 16.1. The quantitative estimate of drug-likeness (QED) is 0.540. The predicted octanol–water partition coefficient (Wildman–Crippen LogP) is 0.539. The van der Waals surface area contributed by atoms with Gasteiger partial charge in [-0.15, -0.1) is 0 Å². The van der Waals surface area contributed by atoms with Gasteiger partial charge in [0.25, 0.3) is 5.91 Å². The molecular formula is C16H25N3O4S. The van der Waals surface area contributed by atoms with E-state index in [1.165, 1.54) is 6.20 Å². The van der Waals surface area contributed by atoms with Crippen LogP contribution in [0.5, 0.6) is 0 Å². The van der Waals surface area contributed by atoms with Crippen molar-refractivity contribution in [3.63, 3.8) is 0 Å². The SMILES string of the molecule is CCN(/C=C(/C#N)C(=O)N1CC(C)OC(C)C1)C1CCS(=O)(=O)C1. The second kappa shape index (κ2) is 7.53. The molecule has 0 saturated carbocycles. The third-order valence-corrected chi connectivity index (χ3v) is 6.15. The minimum atomic E-state index is -3.01. The average Bonchev–Trinajstić information content (AvgIpc) is 2.87. The number of hydrogen-bond acceptors (Lipinski definition) is 6. The van der Waals surface area contributed by atoms with E-state index < -0.39 is 9.84 Å². The van der Waals surface area contributed by atoms with Gasteiger partial charge in [-0.05, 0) is 27.2 Å². The Bertz CT molecular complexity index is 643. The summed E-state index contributed by atoms with van der Waals surface area (Å²) in [5.74, 6) is -0.0783. The minimum absolute atomic E-state index is 0.0439. The van der Waals surface area contributed by atoms with Crippen LogP contribution in [-0.4, -0.2) is 73.5 Å². The smallest absolute Gasteiger partial charge is 0.266 e. The Kier molecular flexibility index (Phi) is 5.88. The molecule has 0 aromatic rings. The molecule has 8 heteroatoms. The van der Waals surface area contributed by atoms with Gasteiger partial charge >= 0.3 is 0 Å². The first-order chi connectivity index (χ1) is 11.3. The molecule has 2 saturated heterocycles. The van der Waals surface area contributed by atoms with Crippen LogP contribution in [-0.2, 0) is 19.4 Å². The zero-order valence-electron chi connectivity index (χ0n) is 14.4. The second-order valence-corrected chi connectivity index (χ2v) is 8.74. The van der Waals surface area contributed by atoms with Gasteiger partial charge in [0.2, 0.25) is 0 Å². The van der Waals surface area contributed by atoms with Gasteiger partial charge in [0, 0.05) is 31.9 Å². The molecule has 7 nitrogen and oxygen atoms in total. The van der Waals surface area contributed by atoms with Crippen molar-refractivity contribution in [2.75, 3.05) is 31.1 Å². The first kappa shape index (κ1) is 18.7. The van der Waals surface area contributed by atoms with Crippen LogP contribution in [0.25, 0.3) is 0 Å². The molecule has 2 aliphatic heterocycles. The van der Waals surface area contributed by atoms with Crippen molar-refractivity contribution in [3.05, 3.63) is 11.8 Å². The van der Waals surface area contributed by atoms with Gasteiger partial charge in [-0.25, -0.2) is 8.42 Å². The van der Waals surface area contributed by atoms with E-state index in [9.17, 15) is 18.5 Å². The number of nitrogens with zero attached hydrogens (tertiary/aromatic N) is 3. The molecule has 2 rings (SSSR count). The highest BCUT2D eigenvalue weighted by Crippen LogP contribution is 2.20. The Balaban J connectivity index is 2.15. The van der Waals surface area contributed by atoms with Crippen LogP contribution < -0.4 is 0 Å². The van der Waals surface area contributed by atoms with Crippen LogP contribution in [0.1, 0.15) is 27.2 Å². The molecule has 3 atom stereocenters. The molecule has 1 amide bonds. The lowest BCUT2D eigenvalue weighted by Crippen LogP contribution is -2.48. The third-order valence-electron chi connectivity index (χ3n) is 4.40. The number of hydrogen-bond donors (Lipinski definition) is 0. The van der Waals surface area contributed by atoms with Crippen LogP contribution in [0.4, 0.5) is 0 Å². The van der Waals surface area contributed by atoms with E-state index in [1.807, 2.05) is 26.8 Å². The monoisotopic (exact) mass is 355 g/mol. The number of carbonyl (C=O) groups is 1. The molecule has 134 valence electrons. The summed E-state index contributed by atoms with van der Waals surface area (Å²) in [7, 11) is -3.01. The van der Waals surface area contributed by atoms with Crippen LogP contribution >= 0.6 is 0 Å². The molecule has 24 heavy (non-hydrogen) atoms. The number of morpholine rings is 1. The molecule has 2 aliphatic rings. The van der Waals surface area contributed by atoms with Crippen molar-refractivity contribution in [1.29, 1.82) is 5.26 Å². The van der Waals surface area contributed by atoms with Gasteiger partial charge < -0.3 is 14.5 Å². The van der Waals surface area contributed by atoms with Crippen LogP contribution in [0.15, 0.2) is 11.8 Å². The van der Waals surface area contributed by atoms with Crippen LogP contribution in [0.2, 0.25) is 0 Å². The molecule has 3 unspecified atom stereocenters. The van der Waals surface area contributed by atoms with Gasteiger partial charge in [0.15, 0.2) is 9.84 Å². The molecule has 0 aromatic carbocycles. The maximum atomic E-state index is 12.6. The summed E-state index contributed by atoms with van der Waals surface area (Å²) in [5.41, 5.74) is 0.0439. The fourth-order valence-corrected chi connectivity index (χ4v) is 5.05. The van der Waals surface area contributed by atoms with E-state index in [1.54, 1.807) is 9.80 Å². The number of nitriles is 1. The zero-order valence-corrected chi connectivity index (χ0v) is 15.3. The highest BCUT2D eigenvalue weighted by atomic mass is 32.2. The van der Waals surface area contributed by atoms with Crippen molar-refractivity contribution in [1.82, 2.24) is 9.80 Å². The van der Waals surface area contributed by atoms with Crippen molar-refractivity contribution < 1.29 is 17.9 Å². The summed E-state index contributed by atoms with van der Waals surface area (Å²) >= 11 is 0. The Morgan fingerprint density at radius 2 is 2.00 bits per heavy atom. The maximum absolute atomic E-state index is 12.6. The molecule has 2 fully saturated rings. The van der Waals surface area contributed by atoms with Gasteiger partial charge in [0.05, 0.1) is 23.7 Å². The average molecular weight is 355 g/mol. The first-order valence-electron chi connectivity index (χ1n) is 8.28. The highest BCUT2D eigenvalue weighted by molar-refractivity contribution is 7.91. The maximum Gasteiger partial charge on any atom is 0.266 e. The highest BCUT2D eigenvalue weighted by Gasteiger charge is 2.32. The Hall–Kier alpha value is -1.59. The Morgan fingerprint density at radius 3 is 2.46 bits per heavy atom. The van der Waals surface area contributed by atoms with Gasteiger partial charge in [0.1, 0.15) is 11.6 Å². The van der Waals surface area contributed by atoms with E-state index in [0.717, 1.165) is 0 Å². The van der Waals surface area contributed by atoms with E-state index in [4.69, 9.17) is 4.74 Å². The summed E-state index contributed by atoms with van der Waals surface area (Å²) in [5, 5.41) is 9.41. The Morgan fingerprint density at radius 1 is 1.38 bits per heavy atom. The minimum Gasteiger partial charge on any atom is -0.372 e. The van der Waals surface area contributed by atoms with Gasteiger partial charge in [-0.2, -0.15) is 5.26 Å². The van der Waals surface area contributed by atoms with E-state index in [0.29, 0.717) is 26.1 Å². The summed E-state index contributed by atoms with van der Waals surface area (Å²) in [6.45, 7) is 7.13. The molecule has 2 heterocycles. The topological polar surface area (TPSA) is 90.7 Å². The number of amides is 1. The molecule has 0 bridgehead atoms. The molecule has 0 aromatic heterocycles. The van der Waals surface area contributed by atoms with E-state index >= 15 is 0 Å². The zero-order chi connectivity index (χ0) is 17.9. The molecular weight excluding hydrogens is 330 g/mol. The third kappa shape index (κ3) is 4.48. The molecule has 0 radical (unpaired) electrons. The second-order valence-electron chi connectivity index (χ2n) is 6.51. The summed E-state index contributed by atoms with van der Waals surface area (Å²) < 4.78 is 29.0. The fraction of sp³-hybridized carbons (Fsp3) is 0.750. The number of carbonyl (C=O) groups excluding carboxylic acids is 1. The fourth-order valence-electron chi connectivity index (χ4n) is 3.30. The lowest BCUT2D eigenvalue weighted by atomic mass is 10.1. The van der Waals surface area contributed by atoms with Crippen molar-refractivity contribution in [2.45, 2.75) is 45.4 Å². The Labute approximate surface area is 143 Å². The summed E-state index contributed by atoms with van der Waals surface area (Å²) in [6, 6.07) is 1.81. The van der Waals surface area contributed by atoms with Gasteiger partial charge in [-0.3, -0.25) is 4.79 Å². The number of ether oxygens (including phenoxy) is 1. The number of rotatable bonds is 4. The molecule has 0 aliphatic carbocycles. The normalized spacial score (nSPS) is 30.0. The molecule has 0 N–H and O–H groups in total. The predicted molar refractivity (Wildman–Crippen MR) is 89.7 cm³/mol. The standard InChI is InChI=1S/C16H25N3O4S/c1-4-18(15-5-6-24(21,22)11-15)10-14(7-17)16(20)19-8-12(2)23-13(3)9-19/h10,12-13,15H,4-6,8-9,11H2,1-3H3/b14-10-.